The smallest absolute Gasteiger partial charge is 0.155 e. The summed E-state index contributed by atoms with van der Waals surface area (Å²) in [4.78, 5) is 4.49. The van der Waals surface area contributed by atoms with Gasteiger partial charge in [0.25, 0.3) is 0 Å². The highest BCUT2D eigenvalue weighted by Crippen LogP contribution is 2.23. The molecule has 1 aliphatic heterocycles. The van der Waals surface area contributed by atoms with Crippen LogP contribution in [0.2, 0.25) is 0 Å². The van der Waals surface area contributed by atoms with Crippen LogP contribution < -0.4 is 0 Å². The SMILES string of the molecule is OCC1CCCc2nc(Cc3cccc(F)c3)nn21. The number of benzene rings is 1. The van der Waals surface area contributed by atoms with Gasteiger partial charge in [0.15, 0.2) is 5.82 Å². The number of halogens is 1. The summed E-state index contributed by atoms with van der Waals surface area (Å²) in [5.41, 5.74) is 0.864. The Morgan fingerprint density at radius 2 is 2.32 bits per heavy atom. The van der Waals surface area contributed by atoms with Crippen LogP contribution in [0.1, 0.15) is 36.1 Å². The Morgan fingerprint density at radius 3 is 3.11 bits per heavy atom. The summed E-state index contributed by atoms with van der Waals surface area (Å²) in [6, 6.07) is 6.53. The minimum Gasteiger partial charge on any atom is -0.394 e. The quantitative estimate of drug-likeness (QED) is 0.917. The van der Waals surface area contributed by atoms with Crippen molar-refractivity contribution < 1.29 is 9.50 Å². The number of fused-ring (bicyclic) bond motifs is 1. The second-order valence-corrected chi connectivity index (χ2v) is 4.92. The number of hydrogen-bond acceptors (Lipinski definition) is 3. The van der Waals surface area contributed by atoms with Crippen LogP contribution in [-0.2, 0) is 12.8 Å². The zero-order chi connectivity index (χ0) is 13.2. The minimum absolute atomic E-state index is 0.0394. The molecule has 2 aromatic rings. The molecule has 4 nitrogen and oxygen atoms in total. The summed E-state index contributed by atoms with van der Waals surface area (Å²) in [5, 5.41) is 13.8. The van der Waals surface area contributed by atoms with Gasteiger partial charge in [0.05, 0.1) is 12.6 Å². The Hall–Kier alpha value is -1.75. The second kappa shape index (κ2) is 5.09. The van der Waals surface area contributed by atoms with Crippen LogP contribution in [0, 0.1) is 5.82 Å². The lowest BCUT2D eigenvalue weighted by molar-refractivity contribution is 0.195. The predicted octanol–water partition coefficient (Wildman–Crippen LogP) is 1.88. The van der Waals surface area contributed by atoms with E-state index in [0.717, 1.165) is 30.7 Å². The van der Waals surface area contributed by atoms with Crippen LogP contribution in [0.25, 0.3) is 0 Å². The fraction of sp³-hybridized carbons (Fsp3) is 0.429. The van der Waals surface area contributed by atoms with E-state index in [4.69, 9.17) is 0 Å². The van der Waals surface area contributed by atoms with Crippen LogP contribution in [0.4, 0.5) is 4.39 Å². The van der Waals surface area contributed by atoms with Gasteiger partial charge in [-0.15, -0.1) is 0 Å². The first-order valence-electron chi connectivity index (χ1n) is 6.56. The standard InChI is InChI=1S/C14H16FN3O/c15-11-4-1-3-10(7-11)8-13-16-14-6-2-5-12(9-19)18(14)17-13/h1,3-4,7,12,19H,2,5-6,8-9H2. The Labute approximate surface area is 110 Å². The van der Waals surface area contributed by atoms with E-state index in [1.165, 1.54) is 12.1 Å². The topological polar surface area (TPSA) is 50.9 Å². The molecule has 5 heteroatoms. The van der Waals surface area contributed by atoms with Gasteiger partial charge < -0.3 is 5.11 Å². The highest BCUT2D eigenvalue weighted by atomic mass is 19.1. The number of hydrogen-bond donors (Lipinski definition) is 1. The molecule has 0 amide bonds. The maximum Gasteiger partial charge on any atom is 0.155 e. The molecule has 1 aliphatic rings. The van der Waals surface area contributed by atoms with E-state index in [0.29, 0.717) is 12.2 Å². The maximum atomic E-state index is 13.1. The van der Waals surface area contributed by atoms with Crippen molar-refractivity contribution in [1.82, 2.24) is 14.8 Å². The van der Waals surface area contributed by atoms with Crippen molar-refractivity contribution in [3.05, 3.63) is 47.3 Å². The first-order chi connectivity index (χ1) is 9.26. The average Bonchev–Trinajstić information content (AvgIpc) is 2.80. The summed E-state index contributed by atoms with van der Waals surface area (Å²) < 4.78 is 15.0. The molecule has 0 aliphatic carbocycles. The predicted molar refractivity (Wildman–Crippen MR) is 68.3 cm³/mol. The van der Waals surface area contributed by atoms with Crippen molar-refractivity contribution in [3.63, 3.8) is 0 Å². The van der Waals surface area contributed by atoms with Gasteiger partial charge in [0, 0.05) is 12.8 Å². The van der Waals surface area contributed by atoms with Crippen molar-refractivity contribution >= 4 is 0 Å². The Balaban J connectivity index is 1.85. The van der Waals surface area contributed by atoms with Crippen LogP contribution in [0.15, 0.2) is 24.3 Å². The van der Waals surface area contributed by atoms with Gasteiger partial charge in [0.1, 0.15) is 11.6 Å². The number of aliphatic hydroxyl groups excluding tert-OH is 1. The first kappa shape index (κ1) is 12.3. The van der Waals surface area contributed by atoms with Gasteiger partial charge in [-0.3, -0.25) is 0 Å². The monoisotopic (exact) mass is 261 g/mol. The van der Waals surface area contributed by atoms with Crippen molar-refractivity contribution in [2.75, 3.05) is 6.61 Å². The molecule has 1 aromatic carbocycles. The van der Waals surface area contributed by atoms with Gasteiger partial charge >= 0.3 is 0 Å². The highest BCUT2D eigenvalue weighted by molar-refractivity contribution is 5.20. The van der Waals surface area contributed by atoms with Crippen molar-refractivity contribution in [2.45, 2.75) is 31.7 Å². The van der Waals surface area contributed by atoms with E-state index < -0.39 is 0 Å². The third kappa shape index (κ3) is 2.51. The van der Waals surface area contributed by atoms with E-state index in [1.54, 1.807) is 6.07 Å². The second-order valence-electron chi connectivity index (χ2n) is 4.92. The molecule has 3 rings (SSSR count). The van der Waals surface area contributed by atoms with Crippen molar-refractivity contribution in [3.8, 4) is 0 Å². The molecule has 1 atom stereocenters. The van der Waals surface area contributed by atoms with Crippen LogP contribution in [0.3, 0.4) is 0 Å². The van der Waals surface area contributed by atoms with Crippen LogP contribution in [-0.4, -0.2) is 26.5 Å². The largest absolute Gasteiger partial charge is 0.394 e. The van der Waals surface area contributed by atoms with E-state index >= 15 is 0 Å². The summed E-state index contributed by atoms with van der Waals surface area (Å²) in [6.45, 7) is 0.0930. The van der Waals surface area contributed by atoms with Gasteiger partial charge in [0.2, 0.25) is 0 Å². The van der Waals surface area contributed by atoms with Crippen LogP contribution >= 0.6 is 0 Å². The number of nitrogens with zero attached hydrogens (tertiary/aromatic N) is 3. The van der Waals surface area contributed by atoms with Gasteiger partial charge in [-0.05, 0) is 30.5 Å². The summed E-state index contributed by atoms with van der Waals surface area (Å²) in [7, 11) is 0. The fourth-order valence-electron chi connectivity index (χ4n) is 2.56. The highest BCUT2D eigenvalue weighted by Gasteiger charge is 2.22. The summed E-state index contributed by atoms with van der Waals surface area (Å²) in [6.07, 6.45) is 3.39. The molecule has 1 unspecified atom stereocenters. The van der Waals surface area contributed by atoms with Gasteiger partial charge in [-0.2, -0.15) is 5.10 Å². The van der Waals surface area contributed by atoms with Gasteiger partial charge in [-0.1, -0.05) is 12.1 Å². The van der Waals surface area contributed by atoms with E-state index in [1.807, 2.05) is 10.7 Å². The van der Waals surface area contributed by atoms with Crippen molar-refractivity contribution in [1.29, 1.82) is 0 Å². The lowest BCUT2D eigenvalue weighted by Gasteiger charge is -2.20. The zero-order valence-corrected chi connectivity index (χ0v) is 10.6. The van der Waals surface area contributed by atoms with Crippen LogP contribution in [0.5, 0.6) is 0 Å². The molecule has 0 spiro atoms. The Kier molecular flexibility index (Phi) is 3.29. The molecule has 1 aromatic heterocycles. The molecule has 100 valence electrons. The van der Waals surface area contributed by atoms with E-state index in [9.17, 15) is 9.50 Å². The van der Waals surface area contributed by atoms with Crippen molar-refractivity contribution in [2.24, 2.45) is 0 Å². The number of aliphatic hydroxyl groups is 1. The molecule has 19 heavy (non-hydrogen) atoms. The zero-order valence-electron chi connectivity index (χ0n) is 10.6. The molecule has 0 saturated carbocycles. The third-order valence-electron chi connectivity index (χ3n) is 3.49. The first-order valence-corrected chi connectivity index (χ1v) is 6.56. The lowest BCUT2D eigenvalue weighted by atomic mass is 10.1. The third-order valence-corrected chi connectivity index (χ3v) is 3.49. The fourth-order valence-corrected chi connectivity index (χ4v) is 2.56. The molecular formula is C14H16FN3O. The molecule has 0 fully saturated rings. The molecule has 2 heterocycles. The van der Waals surface area contributed by atoms with E-state index in [-0.39, 0.29) is 18.5 Å². The Bertz CT molecular complexity index is 582. The van der Waals surface area contributed by atoms with E-state index in [2.05, 4.69) is 10.1 Å². The summed E-state index contributed by atoms with van der Waals surface area (Å²) >= 11 is 0. The molecule has 0 saturated heterocycles. The number of rotatable bonds is 3. The Morgan fingerprint density at radius 1 is 1.42 bits per heavy atom. The molecule has 1 N–H and O–H groups in total. The molecule has 0 bridgehead atoms. The minimum atomic E-state index is -0.241. The number of aryl methyl sites for hydroxylation is 1. The number of aromatic nitrogens is 3. The average molecular weight is 261 g/mol. The maximum absolute atomic E-state index is 13.1. The lowest BCUT2D eigenvalue weighted by Crippen LogP contribution is -2.22. The normalized spacial score (nSPS) is 18.3. The molecular weight excluding hydrogens is 245 g/mol. The molecule has 0 radical (unpaired) electrons. The summed E-state index contributed by atoms with van der Waals surface area (Å²) in [5.74, 6) is 1.38. The van der Waals surface area contributed by atoms with Gasteiger partial charge in [-0.25, -0.2) is 14.1 Å².